The van der Waals surface area contributed by atoms with Crippen LogP contribution in [-0.2, 0) is 0 Å². The standard InChI is InChI=1S/C15H19BrN2O/c1-19-14-7-11(8-18-15(14)16)12-4-2-3-10-5-6-17-9-13(10)12/h4,7-8,10,13,17H,2-3,5-6,9H2,1H3. The van der Waals surface area contributed by atoms with Gasteiger partial charge in [0.1, 0.15) is 4.60 Å². The molecule has 4 heteroatoms. The Labute approximate surface area is 122 Å². The molecular formula is C15H19BrN2O. The molecule has 19 heavy (non-hydrogen) atoms. The minimum atomic E-state index is 0.634. The summed E-state index contributed by atoms with van der Waals surface area (Å²) in [5.41, 5.74) is 2.65. The molecule has 1 fully saturated rings. The highest BCUT2D eigenvalue weighted by Gasteiger charge is 2.31. The maximum atomic E-state index is 5.36. The number of pyridine rings is 1. The number of aromatic nitrogens is 1. The molecule has 0 bridgehead atoms. The van der Waals surface area contributed by atoms with Gasteiger partial charge in [-0.05, 0) is 70.8 Å². The summed E-state index contributed by atoms with van der Waals surface area (Å²) in [5, 5.41) is 3.52. The van der Waals surface area contributed by atoms with Crippen molar-refractivity contribution >= 4 is 21.5 Å². The Morgan fingerprint density at radius 2 is 2.32 bits per heavy atom. The van der Waals surface area contributed by atoms with E-state index < -0.39 is 0 Å². The smallest absolute Gasteiger partial charge is 0.152 e. The molecule has 1 aliphatic heterocycles. The van der Waals surface area contributed by atoms with Gasteiger partial charge in [0.2, 0.25) is 0 Å². The Balaban J connectivity index is 1.94. The van der Waals surface area contributed by atoms with Gasteiger partial charge in [0.05, 0.1) is 7.11 Å². The quantitative estimate of drug-likeness (QED) is 0.849. The van der Waals surface area contributed by atoms with Crippen LogP contribution in [0.1, 0.15) is 24.8 Å². The minimum absolute atomic E-state index is 0.634. The summed E-state index contributed by atoms with van der Waals surface area (Å²) in [6, 6.07) is 2.10. The van der Waals surface area contributed by atoms with Crippen molar-refractivity contribution in [3.63, 3.8) is 0 Å². The van der Waals surface area contributed by atoms with Crippen LogP contribution in [0.4, 0.5) is 0 Å². The second kappa shape index (κ2) is 5.63. The van der Waals surface area contributed by atoms with Gasteiger partial charge >= 0.3 is 0 Å². The van der Waals surface area contributed by atoms with Gasteiger partial charge in [0, 0.05) is 12.7 Å². The summed E-state index contributed by atoms with van der Waals surface area (Å²) in [6.45, 7) is 2.26. The lowest BCUT2D eigenvalue weighted by Crippen LogP contribution is -2.38. The van der Waals surface area contributed by atoms with Crippen LogP contribution in [0, 0.1) is 11.8 Å². The number of allylic oxidation sites excluding steroid dienone is 1. The molecule has 2 unspecified atom stereocenters. The van der Waals surface area contributed by atoms with Gasteiger partial charge < -0.3 is 10.1 Å². The van der Waals surface area contributed by atoms with Gasteiger partial charge in [-0.1, -0.05) is 6.08 Å². The predicted molar refractivity (Wildman–Crippen MR) is 80.2 cm³/mol. The van der Waals surface area contributed by atoms with E-state index in [1.165, 1.54) is 30.4 Å². The summed E-state index contributed by atoms with van der Waals surface area (Å²) in [6.07, 6.45) is 8.16. The highest BCUT2D eigenvalue weighted by molar-refractivity contribution is 9.10. The van der Waals surface area contributed by atoms with Crippen molar-refractivity contribution in [2.45, 2.75) is 19.3 Å². The van der Waals surface area contributed by atoms with E-state index in [0.29, 0.717) is 5.92 Å². The Hall–Kier alpha value is -0.870. The van der Waals surface area contributed by atoms with E-state index in [1.807, 2.05) is 6.20 Å². The van der Waals surface area contributed by atoms with Crippen molar-refractivity contribution in [2.75, 3.05) is 20.2 Å². The third kappa shape index (κ3) is 2.56. The van der Waals surface area contributed by atoms with E-state index in [4.69, 9.17) is 4.74 Å². The van der Waals surface area contributed by atoms with Crippen molar-refractivity contribution in [2.24, 2.45) is 11.8 Å². The third-order valence-electron chi connectivity index (χ3n) is 4.29. The molecule has 2 aliphatic rings. The molecule has 1 aromatic heterocycles. The number of halogens is 1. The first-order valence-electron chi connectivity index (χ1n) is 6.90. The maximum Gasteiger partial charge on any atom is 0.152 e. The maximum absolute atomic E-state index is 5.36. The van der Waals surface area contributed by atoms with Crippen LogP contribution < -0.4 is 10.1 Å². The molecule has 1 saturated heterocycles. The predicted octanol–water partition coefficient (Wildman–Crippen LogP) is 3.26. The monoisotopic (exact) mass is 322 g/mol. The number of rotatable bonds is 2. The van der Waals surface area contributed by atoms with Crippen molar-refractivity contribution in [3.05, 3.63) is 28.5 Å². The lowest BCUT2D eigenvalue weighted by molar-refractivity contribution is 0.285. The zero-order valence-corrected chi connectivity index (χ0v) is 12.7. The van der Waals surface area contributed by atoms with E-state index in [1.54, 1.807) is 7.11 Å². The number of fused-ring (bicyclic) bond motifs is 1. The first kappa shape index (κ1) is 13.1. The van der Waals surface area contributed by atoms with Crippen molar-refractivity contribution in [3.8, 4) is 5.75 Å². The zero-order valence-electron chi connectivity index (χ0n) is 11.2. The number of piperidine rings is 1. The highest BCUT2D eigenvalue weighted by Crippen LogP contribution is 2.40. The number of hydrogen-bond donors (Lipinski definition) is 1. The number of methoxy groups -OCH3 is 1. The van der Waals surface area contributed by atoms with Crippen molar-refractivity contribution in [1.29, 1.82) is 0 Å². The van der Waals surface area contributed by atoms with Crippen LogP contribution in [0.25, 0.3) is 5.57 Å². The average molecular weight is 323 g/mol. The minimum Gasteiger partial charge on any atom is -0.494 e. The van der Waals surface area contributed by atoms with Crippen LogP contribution in [0.5, 0.6) is 5.75 Å². The molecular weight excluding hydrogens is 304 g/mol. The Kier molecular flexibility index (Phi) is 3.89. The molecule has 1 aliphatic carbocycles. The molecule has 102 valence electrons. The fourth-order valence-electron chi connectivity index (χ4n) is 3.29. The van der Waals surface area contributed by atoms with Crippen LogP contribution >= 0.6 is 15.9 Å². The second-order valence-electron chi connectivity index (χ2n) is 5.31. The molecule has 0 aromatic carbocycles. The zero-order chi connectivity index (χ0) is 13.2. The summed E-state index contributed by atoms with van der Waals surface area (Å²) < 4.78 is 6.13. The van der Waals surface area contributed by atoms with Crippen molar-refractivity contribution in [1.82, 2.24) is 10.3 Å². The molecule has 0 radical (unpaired) electrons. The first-order chi connectivity index (χ1) is 9.29. The van der Waals surface area contributed by atoms with E-state index in [2.05, 4.69) is 38.4 Å². The number of nitrogens with zero attached hydrogens (tertiary/aromatic N) is 1. The lowest BCUT2D eigenvalue weighted by Gasteiger charge is -2.37. The Morgan fingerprint density at radius 3 is 3.16 bits per heavy atom. The fourth-order valence-corrected chi connectivity index (χ4v) is 3.67. The van der Waals surface area contributed by atoms with E-state index in [0.717, 1.165) is 29.4 Å². The Morgan fingerprint density at radius 1 is 1.42 bits per heavy atom. The molecule has 0 saturated carbocycles. The summed E-state index contributed by atoms with van der Waals surface area (Å²) in [4.78, 5) is 4.39. The van der Waals surface area contributed by atoms with Crippen molar-refractivity contribution < 1.29 is 4.74 Å². The summed E-state index contributed by atoms with van der Waals surface area (Å²) >= 11 is 3.42. The average Bonchev–Trinajstić information content (AvgIpc) is 2.47. The van der Waals surface area contributed by atoms with Gasteiger partial charge in [-0.15, -0.1) is 0 Å². The highest BCUT2D eigenvalue weighted by atomic mass is 79.9. The van der Waals surface area contributed by atoms with Gasteiger partial charge in [0.25, 0.3) is 0 Å². The van der Waals surface area contributed by atoms with E-state index in [9.17, 15) is 0 Å². The lowest BCUT2D eigenvalue weighted by atomic mass is 9.73. The van der Waals surface area contributed by atoms with Gasteiger partial charge in [-0.25, -0.2) is 4.98 Å². The normalized spacial score (nSPS) is 26.5. The van der Waals surface area contributed by atoms with E-state index in [-0.39, 0.29) is 0 Å². The molecule has 3 nitrogen and oxygen atoms in total. The second-order valence-corrected chi connectivity index (χ2v) is 6.06. The van der Waals surface area contributed by atoms with Crippen LogP contribution in [0.3, 0.4) is 0 Å². The fraction of sp³-hybridized carbons (Fsp3) is 0.533. The number of nitrogens with one attached hydrogen (secondary N) is 1. The summed E-state index contributed by atoms with van der Waals surface area (Å²) in [5.74, 6) is 2.27. The largest absolute Gasteiger partial charge is 0.494 e. The summed E-state index contributed by atoms with van der Waals surface area (Å²) in [7, 11) is 1.69. The topological polar surface area (TPSA) is 34.1 Å². The third-order valence-corrected chi connectivity index (χ3v) is 4.88. The molecule has 0 spiro atoms. The SMILES string of the molecule is COc1cc(C2=CCCC3CCNCC23)cnc1Br. The van der Waals surface area contributed by atoms with Gasteiger partial charge in [-0.2, -0.15) is 0 Å². The van der Waals surface area contributed by atoms with Crippen LogP contribution in [0.2, 0.25) is 0 Å². The molecule has 1 aromatic rings. The van der Waals surface area contributed by atoms with E-state index >= 15 is 0 Å². The molecule has 2 heterocycles. The first-order valence-corrected chi connectivity index (χ1v) is 7.69. The molecule has 2 atom stereocenters. The van der Waals surface area contributed by atoms with Crippen LogP contribution in [-0.4, -0.2) is 25.2 Å². The van der Waals surface area contributed by atoms with Gasteiger partial charge in [0.15, 0.2) is 5.75 Å². The Bertz CT molecular complexity index is 501. The number of hydrogen-bond acceptors (Lipinski definition) is 3. The van der Waals surface area contributed by atoms with Gasteiger partial charge in [-0.3, -0.25) is 0 Å². The molecule has 0 amide bonds. The van der Waals surface area contributed by atoms with Crippen LogP contribution in [0.15, 0.2) is 22.9 Å². The molecule has 1 N–H and O–H groups in total. The number of ether oxygens (including phenoxy) is 1. The molecule has 3 rings (SSSR count).